The maximum Gasteiger partial charge on any atom is 0.420 e. The molecule has 33 heavy (non-hydrogen) atoms. The Morgan fingerprint density at radius 2 is 1.79 bits per heavy atom. The molecule has 2 N–H and O–H groups in total. The zero-order valence-corrected chi connectivity index (χ0v) is 18.3. The minimum atomic E-state index is -4.88. The zero-order chi connectivity index (χ0) is 24.4. The Balaban J connectivity index is 1.79. The molecule has 1 amide bonds. The first kappa shape index (κ1) is 24.6. The Morgan fingerprint density at radius 3 is 2.33 bits per heavy atom. The molecule has 0 unspecified atom stereocenters. The number of piperazine rings is 1. The summed E-state index contributed by atoms with van der Waals surface area (Å²) in [7, 11) is -3.39. The SMILES string of the molecule is CCS(=O)(=O)N1CCN(C(=O)c2cnc(/C(=C\C(=N)c3ccc(F)cc3)C(F)(F)F)[nH]2)CC1. The molecule has 0 atom stereocenters. The molecule has 2 heterocycles. The molecule has 1 fully saturated rings. The Hall–Kier alpha value is -3.06. The molecule has 1 aliphatic rings. The number of benzene rings is 1. The van der Waals surface area contributed by atoms with Crippen LogP contribution < -0.4 is 0 Å². The van der Waals surface area contributed by atoms with Crippen LogP contribution in [-0.4, -0.2) is 77.3 Å². The van der Waals surface area contributed by atoms with E-state index in [2.05, 4.69) is 9.97 Å². The van der Waals surface area contributed by atoms with Crippen LogP contribution >= 0.6 is 0 Å². The molecule has 1 aromatic carbocycles. The molecule has 0 bridgehead atoms. The molecule has 2 aromatic rings. The minimum absolute atomic E-state index is 0.0651. The molecule has 3 rings (SSSR count). The number of aromatic amines is 1. The Kier molecular flexibility index (Phi) is 7.03. The van der Waals surface area contributed by atoms with Crippen molar-refractivity contribution in [3.63, 3.8) is 0 Å². The van der Waals surface area contributed by atoms with Crippen LogP contribution in [0.1, 0.15) is 28.8 Å². The molecule has 0 radical (unpaired) electrons. The molecule has 0 aliphatic carbocycles. The van der Waals surface area contributed by atoms with Crippen molar-refractivity contribution >= 4 is 27.2 Å². The number of allylic oxidation sites excluding steroid dienone is 2. The number of hydrogen-bond acceptors (Lipinski definition) is 5. The van der Waals surface area contributed by atoms with E-state index in [-0.39, 0.29) is 43.2 Å². The van der Waals surface area contributed by atoms with Gasteiger partial charge >= 0.3 is 6.18 Å². The van der Waals surface area contributed by atoms with Crippen LogP contribution in [0, 0.1) is 11.2 Å². The van der Waals surface area contributed by atoms with Gasteiger partial charge in [0.1, 0.15) is 22.9 Å². The van der Waals surface area contributed by atoms with E-state index in [0.29, 0.717) is 6.08 Å². The van der Waals surface area contributed by atoms with Crippen molar-refractivity contribution in [3.05, 3.63) is 59.4 Å². The van der Waals surface area contributed by atoms with Gasteiger partial charge in [0, 0.05) is 26.2 Å². The summed E-state index contributed by atoms with van der Waals surface area (Å²) < 4.78 is 79.2. The summed E-state index contributed by atoms with van der Waals surface area (Å²) in [6.07, 6.45) is -3.37. The molecule has 1 aliphatic heterocycles. The van der Waals surface area contributed by atoms with E-state index in [9.17, 15) is 30.8 Å². The van der Waals surface area contributed by atoms with E-state index in [1.807, 2.05) is 0 Å². The van der Waals surface area contributed by atoms with Gasteiger partial charge in [-0.05, 0) is 42.8 Å². The number of nitrogens with zero attached hydrogens (tertiary/aromatic N) is 3. The number of carbonyl (C=O) groups is 1. The van der Waals surface area contributed by atoms with Crippen LogP contribution in [0.25, 0.3) is 5.57 Å². The average molecular weight is 487 g/mol. The molecule has 0 spiro atoms. The third-order valence-electron chi connectivity index (χ3n) is 5.09. The van der Waals surface area contributed by atoms with E-state index in [4.69, 9.17) is 5.41 Å². The third-order valence-corrected chi connectivity index (χ3v) is 6.98. The summed E-state index contributed by atoms with van der Waals surface area (Å²) in [5.74, 6) is -1.92. The maximum absolute atomic E-state index is 13.7. The van der Waals surface area contributed by atoms with E-state index < -0.39 is 45.0 Å². The Bertz CT molecular complexity index is 1170. The lowest BCUT2D eigenvalue weighted by Crippen LogP contribution is -2.50. The number of alkyl halides is 3. The lowest BCUT2D eigenvalue weighted by molar-refractivity contribution is -0.0693. The second-order valence-corrected chi connectivity index (χ2v) is 9.47. The highest BCUT2D eigenvalue weighted by molar-refractivity contribution is 7.89. The smallest absolute Gasteiger partial charge is 0.335 e. The second kappa shape index (κ2) is 9.43. The van der Waals surface area contributed by atoms with Gasteiger partial charge in [-0.1, -0.05) is 0 Å². The molecular formula is C20H21F4N5O3S. The number of rotatable bonds is 6. The van der Waals surface area contributed by atoms with Crippen LogP contribution in [0.2, 0.25) is 0 Å². The average Bonchev–Trinajstić information content (AvgIpc) is 3.26. The summed E-state index contributed by atoms with van der Waals surface area (Å²) in [5.41, 5.74) is -1.91. The summed E-state index contributed by atoms with van der Waals surface area (Å²) in [5, 5.41) is 7.93. The van der Waals surface area contributed by atoms with Gasteiger partial charge in [-0.25, -0.2) is 17.8 Å². The quantitative estimate of drug-likeness (QED) is 0.482. The molecule has 0 saturated carbocycles. The van der Waals surface area contributed by atoms with Gasteiger partial charge in [-0.2, -0.15) is 17.5 Å². The van der Waals surface area contributed by atoms with Crippen molar-refractivity contribution in [1.29, 1.82) is 5.41 Å². The van der Waals surface area contributed by atoms with Crippen LogP contribution in [0.15, 0.2) is 36.5 Å². The van der Waals surface area contributed by atoms with Crippen molar-refractivity contribution < 1.29 is 30.8 Å². The predicted molar refractivity (Wildman–Crippen MR) is 113 cm³/mol. The van der Waals surface area contributed by atoms with Crippen molar-refractivity contribution in [2.75, 3.05) is 31.9 Å². The third kappa shape index (κ3) is 5.66. The predicted octanol–water partition coefficient (Wildman–Crippen LogP) is 2.67. The van der Waals surface area contributed by atoms with Gasteiger partial charge in [-0.3, -0.25) is 4.79 Å². The lowest BCUT2D eigenvalue weighted by Gasteiger charge is -2.33. The largest absolute Gasteiger partial charge is 0.420 e. The number of imidazole rings is 1. The van der Waals surface area contributed by atoms with Gasteiger partial charge in [0.05, 0.1) is 17.7 Å². The van der Waals surface area contributed by atoms with Gasteiger partial charge in [0.2, 0.25) is 10.0 Å². The topological polar surface area (TPSA) is 110 Å². The van der Waals surface area contributed by atoms with Crippen molar-refractivity contribution in [2.45, 2.75) is 13.1 Å². The molecule has 1 saturated heterocycles. The monoisotopic (exact) mass is 487 g/mol. The summed E-state index contributed by atoms with van der Waals surface area (Å²) in [6, 6.07) is 4.41. The number of halogens is 4. The number of hydrogen-bond donors (Lipinski definition) is 2. The highest BCUT2D eigenvalue weighted by atomic mass is 32.2. The minimum Gasteiger partial charge on any atom is -0.335 e. The number of nitrogens with one attached hydrogen (secondary N) is 2. The van der Waals surface area contributed by atoms with Gasteiger partial charge in [-0.15, -0.1) is 0 Å². The Labute approximate surface area is 187 Å². The van der Waals surface area contributed by atoms with Crippen molar-refractivity contribution in [3.8, 4) is 0 Å². The Morgan fingerprint density at radius 1 is 1.18 bits per heavy atom. The van der Waals surface area contributed by atoms with Crippen LogP contribution in [-0.2, 0) is 10.0 Å². The standard InChI is InChI=1S/C20H21F4N5O3S/c1-2-33(31,32)29-9-7-28(8-10-29)19(30)17-12-26-18(27-17)15(20(22,23)24)11-16(25)13-3-5-14(21)6-4-13/h3-6,11-12,25H,2,7-10H2,1H3,(H,26,27)/b15-11+,25-16?. The van der Waals surface area contributed by atoms with Crippen molar-refractivity contribution in [2.24, 2.45) is 0 Å². The first-order chi connectivity index (χ1) is 15.4. The lowest BCUT2D eigenvalue weighted by atomic mass is 10.1. The van der Waals surface area contributed by atoms with E-state index in [1.54, 1.807) is 0 Å². The number of H-pyrrole nitrogens is 1. The number of aromatic nitrogens is 2. The van der Waals surface area contributed by atoms with Gasteiger partial charge < -0.3 is 15.3 Å². The number of carbonyl (C=O) groups excluding carboxylic acids is 1. The fraction of sp³-hybridized carbons (Fsp3) is 0.350. The van der Waals surface area contributed by atoms with E-state index in [0.717, 1.165) is 18.3 Å². The second-order valence-electron chi connectivity index (χ2n) is 7.21. The highest BCUT2D eigenvalue weighted by Gasteiger charge is 2.37. The van der Waals surface area contributed by atoms with E-state index in [1.165, 1.54) is 28.3 Å². The first-order valence-corrected chi connectivity index (χ1v) is 11.5. The maximum atomic E-state index is 13.7. The summed E-state index contributed by atoms with van der Waals surface area (Å²) in [6.45, 7) is 1.87. The number of amides is 1. The van der Waals surface area contributed by atoms with Crippen LogP contribution in [0.4, 0.5) is 17.6 Å². The van der Waals surface area contributed by atoms with E-state index >= 15 is 0 Å². The van der Waals surface area contributed by atoms with Gasteiger partial charge in [0.25, 0.3) is 5.91 Å². The zero-order valence-electron chi connectivity index (χ0n) is 17.5. The fourth-order valence-electron chi connectivity index (χ4n) is 3.23. The molecular weight excluding hydrogens is 466 g/mol. The van der Waals surface area contributed by atoms with Crippen LogP contribution in [0.5, 0.6) is 0 Å². The first-order valence-electron chi connectivity index (χ1n) is 9.88. The summed E-state index contributed by atoms with van der Waals surface area (Å²) in [4.78, 5) is 20.1. The fourth-order valence-corrected chi connectivity index (χ4v) is 4.32. The normalized spacial score (nSPS) is 16.2. The number of sulfonamides is 1. The highest BCUT2D eigenvalue weighted by Crippen LogP contribution is 2.33. The molecule has 178 valence electrons. The molecule has 1 aromatic heterocycles. The van der Waals surface area contributed by atoms with Crippen molar-refractivity contribution in [1.82, 2.24) is 19.2 Å². The molecule has 8 nitrogen and oxygen atoms in total. The van der Waals surface area contributed by atoms with Crippen LogP contribution in [0.3, 0.4) is 0 Å². The summed E-state index contributed by atoms with van der Waals surface area (Å²) >= 11 is 0. The molecule has 13 heteroatoms. The van der Waals surface area contributed by atoms with Gasteiger partial charge in [0.15, 0.2) is 0 Å².